The van der Waals surface area contributed by atoms with E-state index in [1.807, 2.05) is 29.6 Å². The van der Waals surface area contributed by atoms with Crippen molar-refractivity contribution >= 4 is 23.3 Å². The molecule has 0 aliphatic carbocycles. The van der Waals surface area contributed by atoms with Crippen LogP contribution in [0, 0.1) is 0 Å². The molecular weight excluding hydrogens is 312 g/mol. The molecule has 0 saturated carbocycles. The van der Waals surface area contributed by atoms with Gasteiger partial charge in [0.2, 0.25) is 5.91 Å². The number of thiazole rings is 1. The highest BCUT2D eigenvalue weighted by Gasteiger charge is 2.04. The summed E-state index contributed by atoms with van der Waals surface area (Å²) in [7, 11) is 3.28. The Morgan fingerprint density at radius 3 is 2.78 bits per heavy atom. The summed E-state index contributed by atoms with van der Waals surface area (Å²) in [5.41, 5.74) is 1.80. The fourth-order valence-corrected chi connectivity index (χ4v) is 2.67. The molecule has 0 unspecified atom stereocenters. The molecule has 6 heteroatoms. The predicted octanol–water partition coefficient (Wildman–Crippen LogP) is 2.98. The van der Waals surface area contributed by atoms with Gasteiger partial charge in [-0.05, 0) is 36.8 Å². The van der Waals surface area contributed by atoms with Gasteiger partial charge in [0, 0.05) is 37.3 Å². The maximum absolute atomic E-state index is 11.6. The van der Waals surface area contributed by atoms with Crippen molar-refractivity contribution in [2.75, 3.05) is 27.4 Å². The van der Waals surface area contributed by atoms with Gasteiger partial charge in [0.25, 0.3) is 0 Å². The quantitative estimate of drug-likeness (QED) is 0.596. The summed E-state index contributed by atoms with van der Waals surface area (Å²) in [6.45, 7) is 1.24. The summed E-state index contributed by atoms with van der Waals surface area (Å²) < 4.78 is 10.1. The summed E-state index contributed by atoms with van der Waals surface area (Å²) in [5.74, 6) is 0.690. The lowest BCUT2D eigenvalue weighted by Gasteiger charge is -2.00. The minimum absolute atomic E-state index is 0.125. The van der Waals surface area contributed by atoms with Crippen LogP contribution >= 0.6 is 11.3 Å². The van der Waals surface area contributed by atoms with E-state index < -0.39 is 0 Å². The number of benzene rings is 1. The van der Waals surface area contributed by atoms with Gasteiger partial charge in [0.05, 0.1) is 12.8 Å². The Kier molecular flexibility index (Phi) is 6.77. The molecule has 5 nitrogen and oxygen atoms in total. The smallest absolute Gasteiger partial charge is 0.244 e. The standard InChI is InChI=1S/C17H20N2O3S/c1-21-11-3-10-18-16(20)9-6-14-12-23-17(19-14)13-4-7-15(22-2)8-5-13/h4-9,12H,3,10-11H2,1-2H3,(H,18,20)/b9-6+. The van der Waals surface area contributed by atoms with E-state index in [1.54, 1.807) is 31.6 Å². The van der Waals surface area contributed by atoms with Gasteiger partial charge < -0.3 is 14.8 Å². The van der Waals surface area contributed by atoms with Gasteiger partial charge in [-0.25, -0.2) is 4.98 Å². The number of methoxy groups -OCH3 is 2. The number of hydrogen-bond acceptors (Lipinski definition) is 5. The third-order valence-corrected chi connectivity index (χ3v) is 4.00. The topological polar surface area (TPSA) is 60.5 Å². The second kappa shape index (κ2) is 9.07. The number of nitrogens with one attached hydrogen (secondary N) is 1. The number of amides is 1. The van der Waals surface area contributed by atoms with Crippen molar-refractivity contribution in [1.82, 2.24) is 10.3 Å². The summed E-state index contributed by atoms with van der Waals surface area (Å²) in [4.78, 5) is 16.2. The number of ether oxygens (including phenoxy) is 2. The predicted molar refractivity (Wildman–Crippen MR) is 92.6 cm³/mol. The normalized spacial score (nSPS) is 10.9. The zero-order valence-corrected chi connectivity index (χ0v) is 14.1. The molecule has 0 bridgehead atoms. The molecule has 0 aliphatic rings. The van der Waals surface area contributed by atoms with Crippen molar-refractivity contribution in [2.24, 2.45) is 0 Å². The van der Waals surface area contributed by atoms with Crippen LogP contribution in [0.3, 0.4) is 0 Å². The highest BCUT2D eigenvalue weighted by Crippen LogP contribution is 2.26. The molecule has 1 N–H and O–H groups in total. The van der Waals surface area contributed by atoms with E-state index in [4.69, 9.17) is 9.47 Å². The van der Waals surface area contributed by atoms with Gasteiger partial charge in [0.1, 0.15) is 10.8 Å². The van der Waals surface area contributed by atoms with E-state index in [0.717, 1.165) is 28.4 Å². The molecule has 0 radical (unpaired) electrons. The molecule has 2 aromatic rings. The first-order valence-corrected chi connectivity index (χ1v) is 8.15. The van der Waals surface area contributed by atoms with Crippen LogP contribution in [0.1, 0.15) is 12.1 Å². The molecule has 1 amide bonds. The SMILES string of the molecule is COCCCNC(=O)/C=C/c1csc(-c2ccc(OC)cc2)n1. The Morgan fingerprint density at radius 2 is 2.09 bits per heavy atom. The molecule has 0 atom stereocenters. The second-order valence-corrected chi connectivity index (χ2v) is 5.63. The van der Waals surface area contributed by atoms with Crippen molar-refractivity contribution in [3.8, 4) is 16.3 Å². The van der Waals surface area contributed by atoms with Crippen LogP contribution in [0.4, 0.5) is 0 Å². The molecule has 0 aliphatic heterocycles. The molecule has 1 aromatic heterocycles. The van der Waals surface area contributed by atoms with Crippen molar-refractivity contribution in [1.29, 1.82) is 0 Å². The maximum Gasteiger partial charge on any atom is 0.244 e. The van der Waals surface area contributed by atoms with Crippen LogP contribution in [-0.2, 0) is 9.53 Å². The Labute approximate surface area is 140 Å². The van der Waals surface area contributed by atoms with Gasteiger partial charge in [-0.15, -0.1) is 11.3 Å². The Bertz CT molecular complexity index is 650. The molecule has 1 heterocycles. The molecular formula is C17H20N2O3S. The molecule has 122 valence electrons. The van der Waals surface area contributed by atoms with Gasteiger partial charge in [-0.3, -0.25) is 4.79 Å². The highest BCUT2D eigenvalue weighted by atomic mass is 32.1. The molecule has 0 spiro atoms. The van der Waals surface area contributed by atoms with Crippen molar-refractivity contribution in [3.63, 3.8) is 0 Å². The van der Waals surface area contributed by atoms with Crippen LogP contribution in [0.15, 0.2) is 35.7 Å². The zero-order valence-electron chi connectivity index (χ0n) is 13.2. The van der Waals surface area contributed by atoms with Gasteiger partial charge in [-0.2, -0.15) is 0 Å². The second-order valence-electron chi connectivity index (χ2n) is 4.78. The first-order valence-electron chi connectivity index (χ1n) is 7.27. The summed E-state index contributed by atoms with van der Waals surface area (Å²) >= 11 is 1.54. The van der Waals surface area contributed by atoms with E-state index in [-0.39, 0.29) is 5.91 Å². The van der Waals surface area contributed by atoms with E-state index in [9.17, 15) is 4.79 Å². The fraction of sp³-hybridized carbons (Fsp3) is 0.294. The van der Waals surface area contributed by atoms with Crippen molar-refractivity contribution in [3.05, 3.63) is 41.4 Å². The molecule has 0 saturated heterocycles. The Balaban J connectivity index is 1.90. The Hall–Kier alpha value is -2.18. The van der Waals surface area contributed by atoms with Crippen LogP contribution < -0.4 is 10.1 Å². The van der Waals surface area contributed by atoms with E-state index >= 15 is 0 Å². The van der Waals surface area contributed by atoms with Crippen LogP contribution in [0.5, 0.6) is 5.75 Å². The zero-order chi connectivity index (χ0) is 16.5. The van der Waals surface area contributed by atoms with Crippen LogP contribution in [0.2, 0.25) is 0 Å². The lowest BCUT2D eigenvalue weighted by molar-refractivity contribution is -0.116. The van der Waals surface area contributed by atoms with Crippen LogP contribution in [0.25, 0.3) is 16.6 Å². The molecule has 23 heavy (non-hydrogen) atoms. The van der Waals surface area contributed by atoms with Crippen LogP contribution in [-0.4, -0.2) is 38.3 Å². The highest BCUT2D eigenvalue weighted by molar-refractivity contribution is 7.13. The number of hydrogen-bond donors (Lipinski definition) is 1. The van der Waals surface area contributed by atoms with Gasteiger partial charge >= 0.3 is 0 Å². The lowest BCUT2D eigenvalue weighted by atomic mass is 10.2. The minimum Gasteiger partial charge on any atom is -0.497 e. The van der Waals surface area contributed by atoms with Gasteiger partial charge in [-0.1, -0.05) is 0 Å². The van der Waals surface area contributed by atoms with Crippen molar-refractivity contribution < 1.29 is 14.3 Å². The summed E-state index contributed by atoms with van der Waals surface area (Å²) in [6, 6.07) is 7.74. The summed E-state index contributed by atoms with van der Waals surface area (Å²) in [5, 5.41) is 5.63. The third-order valence-electron chi connectivity index (χ3n) is 3.09. The van der Waals surface area contributed by atoms with Crippen molar-refractivity contribution in [2.45, 2.75) is 6.42 Å². The monoisotopic (exact) mass is 332 g/mol. The van der Waals surface area contributed by atoms with E-state index in [2.05, 4.69) is 10.3 Å². The number of aromatic nitrogens is 1. The average molecular weight is 332 g/mol. The largest absolute Gasteiger partial charge is 0.497 e. The molecule has 1 aromatic carbocycles. The fourth-order valence-electron chi connectivity index (χ4n) is 1.88. The lowest BCUT2D eigenvalue weighted by Crippen LogP contribution is -2.22. The minimum atomic E-state index is -0.125. The van der Waals surface area contributed by atoms with E-state index in [0.29, 0.717) is 13.2 Å². The Morgan fingerprint density at radius 1 is 1.30 bits per heavy atom. The number of carbonyl (C=O) groups excluding carboxylic acids is 1. The van der Waals surface area contributed by atoms with Gasteiger partial charge in [0.15, 0.2) is 0 Å². The molecule has 2 rings (SSSR count). The number of nitrogens with zero attached hydrogens (tertiary/aromatic N) is 1. The number of carbonyl (C=O) groups is 1. The summed E-state index contributed by atoms with van der Waals surface area (Å²) in [6.07, 6.45) is 4.02. The average Bonchev–Trinajstić information content (AvgIpc) is 3.06. The number of rotatable bonds is 8. The maximum atomic E-state index is 11.6. The van der Waals surface area contributed by atoms with E-state index in [1.165, 1.54) is 6.08 Å². The first kappa shape index (κ1) is 17.2. The molecule has 0 fully saturated rings. The third kappa shape index (κ3) is 5.50. The first-order chi connectivity index (χ1) is 11.2.